The highest BCUT2D eigenvalue weighted by Gasteiger charge is 2.31. The molecule has 2 aliphatic carbocycles. The van der Waals surface area contributed by atoms with E-state index in [4.69, 9.17) is 0 Å². The van der Waals surface area contributed by atoms with Gasteiger partial charge in [0.05, 0.1) is 34.7 Å². The molecular formula is C40H32F6N6O2. The highest BCUT2D eigenvalue weighted by atomic mass is 19.4. The molecule has 2 aromatic heterocycles. The van der Waals surface area contributed by atoms with E-state index in [2.05, 4.69) is 30.6 Å². The minimum Gasteiger partial charge on any atom is -0.392 e. The molecule has 0 radical (unpaired) electrons. The number of halogens is 6. The first-order valence-corrected chi connectivity index (χ1v) is 16.9. The normalized spacial score (nSPS) is 16.2. The molecule has 2 aliphatic rings. The van der Waals surface area contributed by atoms with Gasteiger partial charge in [-0.1, -0.05) is 48.5 Å². The number of anilines is 4. The van der Waals surface area contributed by atoms with E-state index in [0.717, 1.165) is 57.9 Å². The lowest BCUT2D eigenvalue weighted by Gasteiger charge is -2.12. The van der Waals surface area contributed by atoms with Crippen molar-refractivity contribution in [2.75, 3.05) is 10.6 Å². The van der Waals surface area contributed by atoms with Crippen LogP contribution in [0.5, 0.6) is 0 Å². The van der Waals surface area contributed by atoms with Gasteiger partial charge < -0.3 is 20.8 Å². The van der Waals surface area contributed by atoms with E-state index in [1.54, 1.807) is 12.1 Å². The third-order valence-electron chi connectivity index (χ3n) is 9.21. The van der Waals surface area contributed by atoms with Gasteiger partial charge in [-0.3, -0.25) is 0 Å². The summed E-state index contributed by atoms with van der Waals surface area (Å²) in [6.45, 7) is 0. The molecule has 0 bridgehead atoms. The number of nitrogens with one attached hydrogen (secondary N) is 2. The Balaban J connectivity index is 0.000000167. The molecule has 0 amide bonds. The van der Waals surface area contributed by atoms with Crippen LogP contribution in [-0.2, 0) is 38.0 Å². The topological polar surface area (TPSA) is 116 Å². The molecule has 276 valence electrons. The molecule has 2 heterocycles. The number of alkyl halides is 6. The van der Waals surface area contributed by atoms with E-state index in [9.17, 15) is 36.6 Å². The lowest BCUT2D eigenvalue weighted by atomic mass is 10.1. The van der Waals surface area contributed by atoms with Gasteiger partial charge in [-0.15, -0.1) is 0 Å². The molecule has 4 N–H and O–H groups in total. The van der Waals surface area contributed by atoms with Crippen molar-refractivity contribution in [2.24, 2.45) is 0 Å². The number of nitrogens with zero attached hydrogens (tertiary/aromatic N) is 4. The second-order valence-corrected chi connectivity index (χ2v) is 13.0. The Hall–Kier alpha value is -5.86. The van der Waals surface area contributed by atoms with Gasteiger partial charge in [0.25, 0.3) is 0 Å². The van der Waals surface area contributed by atoms with Gasteiger partial charge in [0.15, 0.2) is 0 Å². The number of hydrogen-bond acceptors (Lipinski definition) is 8. The van der Waals surface area contributed by atoms with Crippen molar-refractivity contribution in [1.29, 1.82) is 0 Å². The number of aromatic nitrogens is 4. The van der Waals surface area contributed by atoms with Crippen molar-refractivity contribution in [3.05, 3.63) is 143 Å². The Bertz CT molecular complexity index is 2100. The van der Waals surface area contributed by atoms with Crippen LogP contribution in [0.3, 0.4) is 0 Å². The molecule has 54 heavy (non-hydrogen) atoms. The minimum absolute atomic E-state index is 0.379. The fraction of sp³-hybridized carbons (Fsp3) is 0.200. The summed E-state index contributed by atoms with van der Waals surface area (Å²) in [7, 11) is 0. The van der Waals surface area contributed by atoms with Crippen LogP contribution in [0.4, 0.5) is 49.4 Å². The van der Waals surface area contributed by atoms with Crippen LogP contribution < -0.4 is 10.6 Å². The molecule has 4 aromatic carbocycles. The maximum Gasteiger partial charge on any atom is 0.416 e. The zero-order chi connectivity index (χ0) is 38.0. The second kappa shape index (κ2) is 14.9. The number of benzene rings is 4. The second-order valence-electron chi connectivity index (χ2n) is 13.0. The van der Waals surface area contributed by atoms with Gasteiger partial charge in [0, 0.05) is 47.5 Å². The van der Waals surface area contributed by atoms with E-state index in [1.807, 2.05) is 36.4 Å². The van der Waals surface area contributed by atoms with Gasteiger partial charge >= 0.3 is 12.4 Å². The maximum absolute atomic E-state index is 12.7. The monoisotopic (exact) mass is 742 g/mol. The fourth-order valence-corrected chi connectivity index (χ4v) is 6.59. The van der Waals surface area contributed by atoms with Crippen molar-refractivity contribution >= 4 is 23.0 Å². The lowest BCUT2D eigenvalue weighted by Crippen LogP contribution is -2.04. The van der Waals surface area contributed by atoms with Crippen molar-refractivity contribution in [3.63, 3.8) is 0 Å². The average molecular weight is 743 g/mol. The number of fused-ring (bicyclic) bond motifs is 2. The van der Waals surface area contributed by atoms with E-state index in [0.29, 0.717) is 59.8 Å². The van der Waals surface area contributed by atoms with Crippen LogP contribution in [0.25, 0.3) is 22.5 Å². The van der Waals surface area contributed by atoms with Crippen molar-refractivity contribution in [3.8, 4) is 22.5 Å². The number of aliphatic hydroxyl groups excluding tert-OH is 2. The summed E-state index contributed by atoms with van der Waals surface area (Å²) in [5.41, 5.74) is 6.83. The highest BCUT2D eigenvalue weighted by molar-refractivity contribution is 5.70. The summed E-state index contributed by atoms with van der Waals surface area (Å²) < 4.78 is 76.3. The van der Waals surface area contributed by atoms with E-state index in [-0.39, 0.29) is 12.2 Å². The molecule has 6 aromatic rings. The molecule has 0 spiro atoms. The molecule has 0 unspecified atom stereocenters. The first-order chi connectivity index (χ1) is 25.8. The van der Waals surface area contributed by atoms with Gasteiger partial charge in [0.1, 0.15) is 24.3 Å². The van der Waals surface area contributed by atoms with Gasteiger partial charge in [-0.05, 0) is 71.5 Å². The molecule has 0 fully saturated rings. The number of aliphatic hydroxyl groups is 2. The molecule has 14 heteroatoms. The van der Waals surface area contributed by atoms with Crippen LogP contribution in [0.15, 0.2) is 110 Å². The van der Waals surface area contributed by atoms with Crippen molar-refractivity contribution in [1.82, 2.24) is 19.9 Å². The predicted molar refractivity (Wildman–Crippen MR) is 191 cm³/mol. The molecule has 8 nitrogen and oxygen atoms in total. The lowest BCUT2D eigenvalue weighted by molar-refractivity contribution is -0.138. The molecule has 0 saturated carbocycles. The summed E-state index contributed by atoms with van der Waals surface area (Å²) in [6, 6.07) is 24.7. The highest BCUT2D eigenvalue weighted by Crippen LogP contribution is 2.35. The first-order valence-electron chi connectivity index (χ1n) is 16.9. The van der Waals surface area contributed by atoms with Crippen LogP contribution in [0.1, 0.15) is 33.4 Å². The summed E-state index contributed by atoms with van der Waals surface area (Å²) in [5.74, 6) is 1.07. The van der Waals surface area contributed by atoms with Gasteiger partial charge in [0.2, 0.25) is 0 Å². The van der Waals surface area contributed by atoms with Gasteiger partial charge in [-0.25, -0.2) is 19.9 Å². The van der Waals surface area contributed by atoms with E-state index in [1.165, 1.54) is 36.9 Å². The van der Waals surface area contributed by atoms with Gasteiger partial charge in [-0.2, -0.15) is 26.3 Å². The zero-order valence-electron chi connectivity index (χ0n) is 28.3. The summed E-state index contributed by atoms with van der Waals surface area (Å²) in [4.78, 5) is 16.7. The Morgan fingerprint density at radius 1 is 0.500 bits per heavy atom. The third kappa shape index (κ3) is 8.35. The third-order valence-corrected chi connectivity index (χ3v) is 9.21. The average Bonchev–Trinajstić information content (AvgIpc) is 3.73. The number of hydrogen-bond donors (Lipinski definition) is 4. The first kappa shape index (κ1) is 36.5. The van der Waals surface area contributed by atoms with Crippen molar-refractivity contribution in [2.45, 2.75) is 50.2 Å². The number of rotatable bonds is 6. The standard InChI is InChI=1S/2C20H16F3N3O/c2*21-20(22,23)14-6-4-12(5-7-14)18-10-19(25-11-24-18)26-17-3-1-2-13-8-15(27)9-16(13)17/h2*1-7,10-11,15,27H,8-9H2,(H,24,25,26)/t2*15-/m10/s1. The Morgan fingerprint density at radius 3 is 1.26 bits per heavy atom. The molecule has 0 saturated heterocycles. The Morgan fingerprint density at radius 2 is 0.889 bits per heavy atom. The quantitative estimate of drug-likeness (QED) is 0.125. The maximum atomic E-state index is 12.7. The molecule has 8 rings (SSSR count). The van der Waals surface area contributed by atoms with Crippen LogP contribution in [0.2, 0.25) is 0 Å². The van der Waals surface area contributed by atoms with Crippen LogP contribution in [-0.4, -0.2) is 42.4 Å². The molecule has 2 atom stereocenters. The molecule has 0 aliphatic heterocycles. The van der Waals surface area contributed by atoms with Crippen LogP contribution >= 0.6 is 0 Å². The summed E-state index contributed by atoms with van der Waals surface area (Å²) in [5, 5.41) is 26.2. The smallest absolute Gasteiger partial charge is 0.392 e. The summed E-state index contributed by atoms with van der Waals surface area (Å²) in [6.07, 6.45) is -4.33. The van der Waals surface area contributed by atoms with E-state index >= 15 is 0 Å². The summed E-state index contributed by atoms with van der Waals surface area (Å²) >= 11 is 0. The fourth-order valence-electron chi connectivity index (χ4n) is 6.59. The SMILES string of the molecule is O[C@@H]1Cc2cccc(Nc3cc(-c4ccc(C(F)(F)F)cc4)ncn3)c2C1.O[C@H]1Cc2cccc(Nc3cc(-c4ccc(C(F)(F)F)cc4)ncn3)c2C1. The molecular weight excluding hydrogens is 710 g/mol. The zero-order valence-corrected chi connectivity index (χ0v) is 28.3. The van der Waals surface area contributed by atoms with Crippen LogP contribution in [0, 0.1) is 0 Å². The largest absolute Gasteiger partial charge is 0.416 e. The van der Waals surface area contributed by atoms with E-state index < -0.39 is 23.5 Å². The Labute approximate surface area is 305 Å². The minimum atomic E-state index is -4.37. The predicted octanol–water partition coefficient (Wildman–Crippen LogP) is 8.73. The van der Waals surface area contributed by atoms with Crippen molar-refractivity contribution < 1.29 is 36.6 Å². The Kier molecular flexibility index (Phi) is 10.1.